The van der Waals surface area contributed by atoms with E-state index in [0.717, 1.165) is 12.1 Å². The summed E-state index contributed by atoms with van der Waals surface area (Å²) in [6.45, 7) is 5.17. The Morgan fingerprint density at radius 1 is 1.09 bits per heavy atom. The summed E-state index contributed by atoms with van der Waals surface area (Å²) in [6, 6.07) is 4.62. The maximum atomic E-state index is 12.8. The van der Waals surface area contributed by atoms with Gasteiger partial charge in [0, 0.05) is 44.3 Å². The number of esters is 1. The van der Waals surface area contributed by atoms with Gasteiger partial charge < -0.3 is 19.9 Å². The van der Waals surface area contributed by atoms with Gasteiger partial charge in [0.2, 0.25) is 5.91 Å². The molecule has 1 aliphatic heterocycles. The van der Waals surface area contributed by atoms with E-state index in [1.165, 1.54) is 30.6 Å². The lowest BCUT2D eigenvalue weighted by molar-refractivity contribution is -0.148. The van der Waals surface area contributed by atoms with Crippen molar-refractivity contribution >= 4 is 29.2 Å². The third-order valence-corrected chi connectivity index (χ3v) is 4.74. The molecule has 0 saturated carbocycles. The number of halogens is 3. The number of nitrogens with zero attached hydrogens (tertiary/aromatic N) is 4. The lowest BCUT2D eigenvalue weighted by atomic mass is 10.2. The second-order valence-corrected chi connectivity index (χ2v) is 6.94. The predicted molar refractivity (Wildman–Crippen MR) is 111 cm³/mol. The Morgan fingerprint density at radius 2 is 1.75 bits per heavy atom. The van der Waals surface area contributed by atoms with Gasteiger partial charge in [-0.15, -0.1) is 0 Å². The molecule has 0 bridgehead atoms. The van der Waals surface area contributed by atoms with E-state index in [1.807, 2.05) is 4.90 Å². The number of hydrogen-bond acceptors (Lipinski definition) is 7. The van der Waals surface area contributed by atoms with Crippen LogP contribution in [0.5, 0.6) is 0 Å². The molecule has 0 radical (unpaired) electrons. The van der Waals surface area contributed by atoms with E-state index < -0.39 is 17.7 Å². The summed E-state index contributed by atoms with van der Waals surface area (Å²) in [7, 11) is 0. The summed E-state index contributed by atoms with van der Waals surface area (Å²) in [6.07, 6.45) is -0.321. The molecule has 1 N–H and O–H groups in total. The Kier molecular flexibility index (Phi) is 7.29. The van der Waals surface area contributed by atoms with E-state index in [2.05, 4.69) is 21.9 Å². The van der Waals surface area contributed by atoms with Crippen LogP contribution in [-0.4, -0.2) is 59.5 Å². The third-order valence-electron chi connectivity index (χ3n) is 4.74. The summed E-state index contributed by atoms with van der Waals surface area (Å²) in [5.41, 5.74) is -0.303. The number of hydrogen-bond donors (Lipinski definition) is 1. The fraction of sp³-hybridized carbons (Fsp3) is 0.333. The smallest absolute Gasteiger partial charge is 0.416 e. The van der Waals surface area contributed by atoms with Crippen molar-refractivity contribution in [3.63, 3.8) is 0 Å². The van der Waals surface area contributed by atoms with Crippen LogP contribution in [0, 0.1) is 0 Å². The Labute approximate surface area is 182 Å². The quantitative estimate of drug-likeness (QED) is 0.395. The molecule has 170 valence electrons. The van der Waals surface area contributed by atoms with Gasteiger partial charge in [-0.25, -0.2) is 9.97 Å². The van der Waals surface area contributed by atoms with Crippen LogP contribution in [-0.2, 0) is 20.5 Å². The van der Waals surface area contributed by atoms with Crippen LogP contribution in [0.1, 0.15) is 12.0 Å². The van der Waals surface area contributed by atoms with Gasteiger partial charge in [0.1, 0.15) is 13.0 Å². The number of piperazine rings is 1. The number of carbonyl (C=O) groups excluding carboxylic acids is 2. The molecule has 1 amide bonds. The fourth-order valence-corrected chi connectivity index (χ4v) is 3.14. The first kappa shape index (κ1) is 23.0. The average Bonchev–Trinajstić information content (AvgIpc) is 2.78. The third kappa shape index (κ3) is 5.96. The number of anilines is 3. The number of carbonyl (C=O) groups is 2. The van der Waals surface area contributed by atoms with Gasteiger partial charge in [-0.3, -0.25) is 9.59 Å². The maximum absolute atomic E-state index is 12.8. The molecule has 0 spiro atoms. The van der Waals surface area contributed by atoms with E-state index in [9.17, 15) is 22.8 Å². The molecule has 1 aliphatic rings. The van der Waals surface area contributed by atoms with Gasteiger partial charge in [-0.2, -0.15) is 13.2 Å². The van der Waals surface area contributed by atoms with Crippen LogP contribution in [0.2, 0.25) is 0 Å². The largest absolute Gasteiger partial charge is 0.461 e. The van der Waals surface area contributed by atoms with Gasteiger partial charge in [-0.05, 0) is 24.3 Å². The van der Waals surface area contributed by atoms with E-state index in [0.29, 0.717) is 43.5 Å². The average molecular weight is 449 g/mol. The van der Waals surface area contributed by atoms with E-state index in [-0.39, 0.29) is 18.9 Å². The van der Waals surface area contributed by atoms with Crippen molar-refractivity contribution < 1.29 is 27.5 Å². The van der Waals surface area contributed by atoms with Crippen molar-refractivity contribution in [3.8, 4) is 0 Å². The van der Waals surface area contributed by atoms with Crippen molar-refractivity contribution in [1.82, 2.24) is 14.9 Å². The summed E-state index contributed by atoms with van der Waals surface area (Å²) in [5, 5.41) is 3.00. The Bertz CT molecular complexity index is 958. The van der Waals surface area contributed by atoms with E-state index >= 15 is 0 Å². The number of aromatic nitrogens is 2. The molecule has 1 aromatic carbocycles. The standard InChI is InChI=1S/C21H22F3N5O3/c1-2-13-32-18(31)14-17(30)28-9-11-29(12-10-28)20-19(25-7-8-26-20)27-16-5-3-15(4-6-16)21(22,23)24/h2-8H,1,9-14H2,(H,25,27). The molecule has 2 aromatic rings. The lowest BCUT2D eigenvalue weighted by Crippen LogP contribution is -2.49. The normalized spacial score (nSPS) is 14.1. The summed E-state index contributed by atoms with van der Waals surface area (Å²) in [5.74, 6) is -0.0137. The van der Waals surface area contributed by atoms with Gasteiger partial charge in [0.25, 0.3) is 0 Å². The molecule has 2 heterocycles. The molecule has 8 nitrogen and oxygen atoms in total. The second kappa shape index (κ2) is 10.1. The Balaban J connectivity index is 1.61. The molecule has 0 aliphatic carbocycles. The van der Waals surface area contributed by atoms with Gasteiger partial charge in [0.05, 0.1) is 5.56 Å². The Hall–Kier alpha value is -3.63. The highest BCUT2D eigenvalue weighted by molar-refractivity contribution is 5.94. The van der Waals surface area contributed by atoms with Gasteiger partial charge in [-0.1, -0.05) is 12.7 Å². The molecule has 1 saturated heterocycles. The maximum Gasteiger partial charge on any atom is 0.416 e. The van der Waals surface area contributed by atoms with Crippen LogP contribution >= 0.6 is 0 Å². The molecule has 0 unspecified atom stereocenters. The first-order chi connectivity index (χ1) is 15.3. The first-order valence-corrected chi connectivity index (χ1v) is 9.82. The zero-order valence-electron chi connectivity index (χ0n) is 17.1. The monoisotopic (exact) mass is 449 g/mol. The zero-order chi connectivity index (χ0) is 23.1. The lowest BCUT2D eigenvalue weighted by Gasteiger charge is -2.35. The van der Waals surface area contributed by atoms with Gasteiger partial charge >= 0.3 is 12.1 Å². The predicted octanol–water partition coefficient (Wildman–Crippen LogP) is 3.01. The summed E-state index contributed by atoms with van der Waals surface area (Å²) >= 11 is 0. The van der Waals surface area contributed by atoms with Crippen LogP contribution in [0.25, 0.3) is 0 Å². The fourth-order valence-electron chi connectivity index (χ4n) is 3.14. The number of benzene rings is 1. The number of amides is 1. The van der Waals surface area contributed by atoms with Crippen molar-refractivity contribution in [2.45, 2.75) is 12.6 Å². The van der Waals surface area contributed by atoms with Crippen LogP contribution in [0.3, 0.4) is 0 Å². The van der Waals surface area contributed by atoms with Crippen LogP contribution < -0.4 is 10.2 Å². The first-order valence-electron chi connectivity index (χ1n) is 9.82. The highest BCUT2D eigenvalue weighted by Crippen LogP contribution is 2.31. The number of rotatable bonds is 7. The molecular weight excluding hydrogens is 427 g/mol. The SMILES string of the molecule is C=CCOC(=O)CC(=O)N1CCN(c2nccnc2Nc2ccc(C(F)(F)F)cc2)CC1. The van der Waals surface area contributed by atoms with Crippen LogP contribution in [0.4, 0.5) is 30.5 Å². The minimum absolute atomic E-state index is 0.0568. The summed E-state index contributed by atoms with van der Waals surface area (Å²) < 4.78 is 43.1. The van der Waals surface area contributed by atoms with E-state index in [1.54, 1.807) is 4.90 Å². The highest BCUT2D eigenvalue weighted by atomic mass is 19.4. The second-order valence-electron chi connectivity index (χ2n) is 6.94. The number of nitrogens with one attached hydrogen (secondary N) is 1. The minimum Gasteiger partial charge on any atom is -0.461 e. The van der Waals surface area contributed by atoms with Crippen molar-refractivity contribution in [1.29, 1.82) is 0 Å². The van der Waals surface area contributed by atoms with Crippen molar-refractivity contribution in [2.75, 3.05) is 43.0 Å². The highest BCUT2D eigenvalue weighted by Gasteiger charge is 2.30. The Morgan fingerprint density at radius 3 is 2.38 bits per heavy atom. The molecule has 1 aromatic heterocycles. The number of ether oxygens (including phenoxy) is 1. The van der Waals surface area contributed by atoms with Crippen LogP contribution in [0.15, 0.2) is 49.3 Å². The topological polar surface area (TPSA) is 87.7 Å². The minimum atomic E-state index is -4.41. The molecule has 11 heteroatoms. The van der Waals surface area contributed by atoms with Crippen molar-refractivity contribution in [3.05, 3.63) is 54.9 Å². The number of alkyl halides is 3. The zero-order valence-corrected chi connectivity index (χ0v) is 17.1. The molecular formula is C21H22F3N5O3. The van der Waals surface area contributed by atoms with E-state index in [4.69, 9.17) is 4.74 Å². The molecule has 0 atom stereocenters. The summed E-state index contributed by atoms with van der Waals surface area (Å²) in [4.78, 5) is 36.0. The molecule has 3 rings (SSSR count). The molecule has 32 heavy (non-hydrogen) atoms. The van der Waals surface area contributed by atoms with Crippen molar-refractivity contribution in [2.24, 2.45) is 0 Å². The van der Waals surface area contributed by atoms with Gasteiger partial charge in [0.15, 0.2) is 11.6 Å². The molecule has 1 fully saturated rings.